The van der Waals surface area contributed by atoms with Gasteiger partial charge in [-0.3, -0.25) is 0 Å². The molecule has 0 aliphatic carbocycles. The molecule has 0 radical (unpaired) electrons. The van der Waals surface area contributed by atoms with Crippen molar-refractivity contribution in [2.45, 2.75) is 41.0 Å². The first kappa shape index (κ1) is 11.8. The van der Waals surface area contributed by atoms with Crippen molar-refractivity contribution in [3.05, 3.63) is 29.1 Å². The van der Waals surface area contributed by atoms with Gasteiger partial charge in [-0.25, -0.2) is 4.98 Å². The summed E-state index contributed by atoms with van der Waals surface area (Å²) in [5.74, 6) is 0. The van der Waals surface area contributed by atoms with Gasteiger partial charge in [-0.2, -0.15) is 0 Å². The van der Waals surface area contributed by atoms with Gasteiger partial charge in [0.25, 0.3) is 0 Å². The monoisotopic (exact) mass is 206 g/mol. The van der Waals surface area contributed by atoms with Gasteiger partial charge in [0.05, 0.1) is 0 Å². The molecule has 2 heteroatoms. The Kier molecular flexibility index (Phi) is 3.89. The number of H-pyrrole nitrogens is 1. The Hall–Kier alpha value is -1.31. The lowest BCUT2D eigenvalue weighted by Crippen LogP contribution is -1.82. The second-order valence-electron chi connectivity index (χ2n) is 3.43. The number of hydrogen-bond donors (Lipinski definition) is 1. The maximum Gasteiger partial charge on any atom is 0.138 e. The standard InChI is InChI=1S/C11H14N2.C2H6.H2/c1-4-9-8(3)13-11-10(9)6-5-7(2)12-11;1-2;/h5-6H,4H2,1-3H3,(H,12,13);1-2H3;1H. The fraction of sp³-hybridized carbons (Fsp3) is 0.462. The summed E-state index contributed by atoms with van der Waals surface area (Å²) in [6.45, 7) is 10.3. The van der Waals surface area contributed by atoms with Crippen LogP contribution in [-0.2, 0) is 6.42 Å². The molecule has 0 atom stereocenters. The van der Waals surface area contributed by atoms with Gasteiger partial charge in [-0.05, 0) is 38.0 Å². The topological polar surface area (TPSA) is 28.7 Å². The van der Waals surface area contributed by atoms with E-state index < -0.39 is 0 Å². The van der Waals surface area contributed by atoms with E-state index >= 15 is 0 Å². The molecule has 2 nitrogen and oxygen atoms in total. The Bertz CT molecular complexity index is 446. The summed E-state index contributed by atoms with van der Waals surface area (Å²) in [5.41, 5.74) is 4.73. The van der Waals surface area contributed by atoms with E-state index in [2.05, 4.69) is 35.9 Å². The molecule has 0 bridgehead atoms. The molecule has 2 heterocycles. The van der Waals surface area contributed by atoms with Crippen molar-refractivity contribution >= 4 is 11.0 Å². The second-order valence-corrected chi connectivity index (χ2v) is 3.43. The summed E-state index contributed by atoms with van der Waals surface area (Å²) in [5, 5.41) is 1.27. The van der Waals surface area contributed by atoms with Crippen molar-refractivity contribution < 1.29 is 1.43 Å². The van der Waals surface area contributed by atoms with Gasteiger partial charge in [-0.15, -0.1) is 0 Å². The minimum Gasteiger partial charge on any atom is -0.343 e. The fourth-order valence-electron chi connectivity index (χ4n) is 1.81. The largest absolute Gasteiger partial charge is 0.343 e. The van der Waals surface area contributed by atoms with E-state index in [-0.39, 0.29) is 1.43 Å². The van der Waals surface area contributed by atoms with Gasteiger partial charge in [-0.1, -0.05) is 20.8 Å². The smallest absolute Gasteiger partial charge is 0.138 e. The predicted octanol–water partition coefficient (Wildman–Crippen LogP) is 4.01. The summed E-state index contributed by atoms with van der Waals surface area (Å²) in [6, 6.07) is 4.22. The minimum absolute atomic E-state index is 0. The second kappa shape index (κ2) is 4.96. The molecule has 2 aromatic rings. The van der Waals surface area contributed by atoms with Gasteiger partial charge in [0, 0.05) is 18.2 Å². The van der Waals surface area contributed by atoms with Crippen molar-refractivity contribution in [2.24, 2.45) is 0 Å². The number of pyridine rings is 1. The Labute approximate surface area is 93.2 Å². The van der Waals surface area contributed by atoms with Gasteiger partial charge in [0.15, 0.2) is 0 Å². The number of aromatic amines is 1. The van der Waals surface area contributed by atoms with Crippen molar-refractivity contribution in [2.75, 3.05) is 0 Å². The van der Waals surface area contributed by atoms with E-state index in [1.54, 1.807) is 0 Å². The fourth-order valence-corrected chi connectivity index (χ4v) is 1.81. The summed E-state index contributed by atoms with van der Waals surface area (Å²) >= 11 is 0. The predicted molar refractivity (Wildman–Crippen MR) is 68.4 cm³/mol. The van der Waals surface area contributed by atoms with E-state index in [4.69, 9.17) is 0 Å². The number of aromatic nitrogens is 2. The Morgan fingerprint density at radius 2 is 1.93 bits per heavy atom. The van der Waals surface area contributed by atoms with E-state index in [0.29, 0.717) is 0 Å². The van der Waals surface area contributed by atoms with E-state index in [1.165, 1.54) is 16.6 Å². The van der Waals surface area contributed by atoms with Crippen molar-refractivity contribution in [1.29, 1.82) is 0 Å². The van der Waals surface area contributed by atoms with E-state index in [9.17, 15) is 0 Å². The number of nitrogens with zero attached hydrogens (tertiary/aromatic N) is 1. The summed E-state index contributed by atoms with van der Waals surface area (Å²) in [7, 11) is 0. The molecule has 0 saturated heterocycles. The third-order valence-corrected chi connectivity index (χ3v) is 2.47. The molecular weight excluding hydrogens is 184 g/mol. The SMILES string of the molecule is CC.CCc1c(C)[nH]c2nc(C)ccc12.[HH]. The van der Waals surface area contributed by atoms with Crippen molar-refractivity contribution in [3.63, 3.8) is 0 Å². The Morgan fingerprint density at radius 3 is 2.53 bits per heavy atom. The molecule has 1 N–H and O–H groups in total. The van der Waals surface area contributed by atoms with Crippen LogP contribution >= 0.6 is 0 Å². The maximum atomic E-state index is 4.45. The molecule has 0 saturated carbocycles. The molecule has 0 aliphatic heterocycles. The lowest BCUT2D eigenvalue weighted by molar-refractivity contribution is 1.11. The third-order valence-electron chi connectivity index (χ3n) is 2.47. The first-order valence-electron chi connectivity index (χ1n) is 5.67. The number of hydrogen-bond acceptors (Lipinski definition) is 1. The average Bonchev–Trinajstić information content (AvgIpc) is 2.55. The lowest BCUT2D eigenvalue weighted by atomic mass is 10.1. The van der Waals surface area contributed by atoms with Crippen LogP contribution in [0.5, 0.6) is 0 Å². The Morgan fingerprint density at radius 1 is 1.27 bits per heavy atom. The molecule has 2 aromatic heterocycles. The minimum atomic E-state index is 0. The van der Waals surface area contributed by atoms with E-state index in [0.717, 1.165) is 17.8 Å². The average molecular weight is 206 g/mol. The first-order valence-corrected chi connectivity index (χ1v) is 5.67. The lowest BCUT2D eigenvalue weighted by Gasteiger charge is -1.94. The summed E-state index contributed by atoms with van der Waals surface area (Å²) in [4.78, 5) is 7.76. The molecular formula is C13H22N2. The maximum absolute atomic E-state index is 4.45. The van der Waals surface area contributed by atoms with Crippen LogP contribution in [-0.4, -0.2) is 9.97 Å². The molecule has 84 valence electrons. The van der Waals surface area contributed by atoms with Crippen LogP contribution in [0.15, 0.2) is 12.1 Å². The zero-order valence-corrected chi connectivity index (χ0v) is 10.3. The van der Waals surface area contributed by atoms with Crippen molar-refractivity contribution in [1.82, 2.24) is 9.97 Å². The van der Waals surface area contributed by atoms with Crippen LogP contribution in [0.1, 0.15) is 39.1 Å². The van der Waals surface area contributed by atoms with Crippen molar-refractivity contribution in [3.8, 4) is 0 Å². The van der Waals surface area contributed by atoms with Gasteiger partial charge in [0.2, 0.25) is 0 Å². The quantitative estimate of drug-likeness (QED) is 0.750. The number of aryl methyl sites for hydroxylation is 3. The van der Waals surface area contributed by atoms with Crippen LogP contribution < -0.4 is 0 Å². The van der Waals surface area contributed by atoms with Crippen LogP contribution in [0.3, 0.4) is 0 Å². The number of rotatable bonds is 1. The molecule has 2 rings (SSSR count). The summed E-state index contributed by atoms with van der Waals surface area (Å²) in [6.07, 6.45) is 1.07. The normalized spacial score (nSPS) is 9.93. The molecule has 15 heavy (non-hydrogen) atoms. The zero-order chi connectivity index (χ0) is 11.4. The van der Waals surface area contributed by atoms with Crippen LogP contribution in [0.25, 0.3) is 11.0 Å². The van der Waals surface area contributed by atoms with E-state index in [1.807, 2.05) is 20.8 Å². The highest BCUT2D eigenvalue weighted by atomic mass is 14.9. The molecule has 0 spiro atoms. The van der Waals surface area contributed by atoms with Crippen LogP contribution in [0, 0.1) is 13.8 Å². The highest BCUT2D eigenvalue weighted by Gasteiger charge is 2.06. The molecule has 0 aromatic carbocycles. The van der Waals surface area contributed by atoms with Gasteiger partial charge >= 0.3 is 0 Å². The van der Waals surface area contributed by atoms with Crippen LogP contribution in [0.4, 0.5) is 0 Å². The van der Waals surface area contributed by atoms with Gasteiger partial charge in [0.1, 0.15) is 5.65 Å². The third kappa shape index (κ3) is 2.20. The Balaban J connectivity index is 0.000000711. The van der Waals surface area contributed by atoms with Gasteiger partial charge < -0.3 is 4.98 Å². The highest BCUT2D eigenvalue weighted by Crippen LogP contribution is 2.20. The van der Waals surface area contributed by atoms with Crippen LogP contribution in [0.2, 0.25) is 0 Å². The highest BCUT2D eigenvalue weighted by molar-refractivity contribution is 5.81. The number of fused-ring (bicyclic) bond motifs is 1. The molecule has 0 aliphatic rings. The molecule has 0 unspecified atom stereocenters. The zero-order valence-electron chi connectivity index (χ0n) is 10.3. The number of nitrogens with one attached hydrogen (secondary N) is 1. The summed E-state index contributed by atoms with van der Waals surface area (Å²) < 4.78 is 0. The first-order chi connectivity index (χ1) is 7.22. The molecule has 0 fully saturated rings. The molecule has 0 amide bonds.